The Morgan fingerprint density at radius 3 is 1.38 bits per heavy atom. The summed E-state index contributed by atoms with van der Waals surface area (Å²) in [6.07, 6.45) is 0.492. The Morgan fingerprint density at radius 2 is 1.05 bits per heavy atom. The lowest BCUT2D eigenvalue weighted by Crippen LogP contribution is -2.09. The molecule has 0 bridgehead atoms. The van der Waals surface area contributed by atoms with Gasteiger partial charge in [-0.3, -0.25) is 9.59 Å². The molecule has 0 N–H and O–H groups in total. The molecule has 0 heterocycles. The highest BCUT2D eigenvalue weighted by Gasteiger charge is 2.47. The molecule has 0 aromatic heterocycles. The Kier molecular flexibility index (Phi) is 3.37. The van der Waals surface area contributed by atoms with E-state index in [4.69, 9.17) is 0 Å². The molecule has 1 aliphatic rings. The first-order valence-corrected chi connectivity index (χ1v) is 6.66. The van der Waals surface area contributed by atoms with Crippen LogP contribution in [0.1, 0.15) is 27.1 Å². The third kappa shape index (κ3) is 2.75. The van der Waals surface area contributed by atoms with Crippen LogP contribution in [0.5, 0.6) is 0 Å². The molecule has 2 atom stereocenters. The van der Waals surface area contributed by atoms with Crippen LogP contribution in [0, 0.1) is 23.5 Å². The number of hydrogen-bond acceptors (Lipinski definition) is 2. The molecule has 1 aliphatic carbocycles. The number of carbonyl (C=O) groups excluding carboxylic acids is 2. The molecule has 0 aliphatic heterocycles. The van der Waals surface area contributed by atoms with Gasteiger partial charge in [0.1, 0.15) is 11.6 Å². The lowest BCUT2D eigenvalue weighted by molar-refractivity contribution is 0.0905. The second-order valence-electron chi connectivity index (χ2n) is 5.19. The summed E-state index contributed by atoms with van der Waals surface area (Å²) in [6.45, 7) is 0. The summed E-state index contributed by atoms with van der Waals surface area (Å²) in [5.41, 5.74) is 0.826. The van der Waals surface area contributed by atoms with E-state index in [0.717, 1.165) is 0 Å². The second kappa shape index (κ2) is 5.20. The minimum absolute atomic E-state index is 0.143. The molecule has 0 amide bonds. The van der Waals surface area contributed by atoms with Crippen molar-refractivity contribution < 1.29 is 18.4 Å². The van der Waals surface area contributed by atoms with Crippen LogP contribution in [0.4, 0.5) is 8.78 Å². The van der Waals surface area contributed by atoms with Gasteiger partial charge in [0.2, 0.25) is 0 Å². The molecule has 0 saturated heterocycles. The fourth-order valence-corrected chi connectivity index (χ4v) is 2.43. The van der Waals surface area contributed by atoms with E-state index in [9.17, 15) is 18.4 Å². The van der Waals surface area contributed by atoms with E-state index in [-0.39, 0.29) is 23.4 Å². The van der Waals surface area contributed by atoms with Crippen LogP contribution in [-0.2, 0) is 0 Å². The van der Waals surface area contributed by atoms with Gasteiger partial charge in [-0.05, 0) is 55.0 Å². The van der Waals surface area contributed by atoms with Gasteiger partial charge in [-0.2, -0.15) is 0 Å². The fraction of sp³-hybridized carbons (Fsp3) is 0.176. The van der Waals surface area contributed by atoms with Crippen LogP contribution in [-0.4, -0.2) is 11.6 Å². The van der Waals surface area contributed by atoms with Crippen LogP contribution >= 0.6 is 0 Å². The number of benzene rings is 2. The number of carbonyl (C=O) groups is 2. The number of hydrogen-bond donors (Lipinski definition) is 0. The van der Waals surface area contributed by atoms with E-state index in [1.165, 1.54) is 48.5 Å². The maximum atomic E-state index is 12.8. The summed E-state index contributed by atoms with van der Waals surface area (Å²) in [5.74, 6) is -1.80. The first-order chi connectivity index (χ1) is 10.1. The van der Waals surface area contributed by atoms with Crippen LogP contribution < -0.4 is 0 Å². The highest BCUT2D eigenvalue weighted by Crippen LogP contribution is 2.43. The fourth-order valence-electron chi connectivity index (χ4n) is 2.43. The minimum Gasteiger partial charge on any atom is -0.294 e. The number of ketones is 2. The van der Waals surface area contributed by atoms with Gasteiger partial charge in [0.15, 0.2) is 11.6 Å². The zero-order valence-corrected chi connectivity index (χ0v) is 11.1. The van der Waals surface area contributed by atoms with E-state index in [1.807, 2.05) is 0 Å². The third-order valence-electron chi connectivity index (χ3n) is 3.72. The van der Waals surface area contributed by atoms with Crippen LogP contribution in [0.3, 0.4) is 0 Å². The standard InChI is InChI=1S/C17H12F2O2/c18-12-5-1-10(2-6-12)16(20)14-9-15(14)17(21)11-3-7-13(19)8-4-11/h1-8,14-15H,9H2/t14-,15-/m0/s1. The van der Waals surface area contributed by atoms with E-state index in [0.29, 0.717) is 17.5 Å². The monoisotopic (exact) mass is 286 g/mol. The van der Waals surface area contributed by atoms with Crippen molar-refractivity contribution in [3.8, 4) is 0 Å². The third-order valence-corrected chi connectivity index (χ3v) is 3.72. The molecule has 3 rings (SSSR count). The van der Waals surface area contributed by atoms with Crippen molar-refractivity contribution in [2.45, 2.75) is 6.42 Å². The van der Waals surface area contributed by atoms with Crippen molar-refractivity contribution in [2.24, 2.45) is 11.8 Å². The molecule has 0 unspecified atom stereocenters. The molecule has 4 heteroatoms. The molecule has 21 heavy (non-hydrogen) atoms. The molecular weight excluding hydrogens is 274 g/mol. The first-order valence-electron chi connectivity index (χ1n) is 6.66. The van der Waals surface area contributed by atoms with Gasteiger partial charge < -0.3 is 0 Å². The summed E-state index contributed by atoms with van der Waals surface area (Å²) < 4.78 is 25.7. The van der Waals surface area contributed by atoms with Crippen molar-refractivity contribution in [3.63, 3.8) is 0 Å². The van der Waals surface area contributed by atoms with Crippen molar-refractivity contribution in [1.29, 1.82) is 0 Å². The number of halogens is 2. The minimum atomic E-state index is -0.402. The van der Waals surface area contributed by atoms with Crippen LogP contribution in [0.25, 0.3) is 0 Å². The van der Waals surface area contributed by atoms with Crippen molar-refractivity contribution in [2.75, 3.05) is 0 Å². The highest BCUT2D eigenvalue weighted by molar-refractivity contribution is 6.08. The Bertz CT molecular complexity index is 628. The Morgan fingerprint density at radius 1 is 0.714 bits per heavy atom. The van der Waals surface area contributed by atoms with E-state index >= 15 is 0 Å². The van der Waals surface area contributed by atoms with Gasteiger partial charge >= 0.3 is 0 Å². The second-order valence-corrected chi connectivity index (χ2v) is 5.19. The SMILES string of the molecule is O=C(c1ccc(F)cc1)[C@H]1C[C@@H]1C(=O)c1ccc(F)cc1. The van der Waals surface area contributed by atoms with Gasteiger partial charge in [0.05, 0.1) is 0 Å². The predicted molar refractivity (Wildman–Crippen MR) is 73.1 cm³/mol. The first kappa shape index (κ1) is 13.6. The largest absolute Gasteiger partial charge is 0.294 e. The number of rotatable bonds is 4. The number of Topliss-reactive ketones (excluding diaryl/α,β-unsaturated/α-hetero) is 2. The van der Waals surface area contributed by atoms with Gasteiger partial charge in [0, 0.05) is 23.0 Å². The molecule has 2 aromatic rings. The summed E-state index contributed by atoms with van der Waals surface area (Å²) >= 11 is 0. The average molecular weight is 286 g/mol. The van der Waals surface area contributed by atoms with E-state index < -0.39 is 11.6 Å². The molecule has 0 radical (unpaired) electrons. The molecule has 2 aromatic carbocycles. The molecule has 2 nitrogen and oxygen atoms in total. The zero-order valence-electron chi connectivity index (χ0n) is 11.1. The molecular formula is C17H12F2O2. The van der Waals surface area contributed by atoms with Gasteiger partial charge in [0.25, 0.3) is 0 Å². The maximum absolute atomic E-state index is 12.8. The normalized spacial score (nSPS) is 20.1. The topological polar surface area (TPSA) is 34.1 Å². The van der Waals surface area contributed by atoms with Crippen molar-refractivity contribution in [1.82, 2.24) is 0 Å². The van der Waals surface area contributed by atoms with E-state index in [2.05, 4.69) is 0 Å². The molecule has 106 valence electrons. The van der Waals surface area contributed by atoms with Crippen LogP contribution in [0.2, 0.25) is 0 Å². The average Bonchev–Trinajstić information content (AvgIpc) is 3.28. The van der Waals surface area contributed by atoms with Crippen molar-refractivity contribution in [3.05, 3.63) is 71.3 Å². The zero-order chi connectivity index (χ0) is 15.0. The lowest BCUT2D eigenvalue weighted by Gasteiger charge is -2.01. The molecule has 0 spiro atoms. The van der Waals surface area contributed by atoms with Gasteiger partial charge in [-0.1, -0.05) is 0 Å². The Hall–Kier alpha value is -2.36. The quantitative estimate of drug-likeness (QED) is 0.804. The van der Waals surface area contributed by atoms with Crippen LogP contribution in [0.15, 0.2) is 48.5 Å². The summed E-state index contributed by atoms with van der Waals surface area (Å²) in [5, 5.41) is 0. The highest BCUT2D eigenvalue weighted by atomic mass is 19.1. The van der Waals surface area contributed by atoms with Gasteiger partial charge in [-0.15, -0.1) is 0 Å². The summed E-state index contributed by atoms with van der Waals surface area (Å²) in [4.78, 5) is 24.4. The van der Waals surface area contributed by atoms with Gasteiger partial charge in [-0.25, -0.2) is 8.78 Å². The summed E-state index contributed by atoms with van der Waals surface area (Å²) in [6, 6.07) is 10.6. The Balaban J connectivity index is 1.71. The Labute approximate surface area is 120 Å². The lowest BCUT2D eigenvalue weighted by atomic mass is 10.0. The molecule has 1 fully saturated rings. The predicted octanol–water partition coefficient (Wildman–Crippen LogP) is 3.67. The maximum Gasteiger partial charge on any atom is 0.166 e. The summed E-state index contributed by atoms with van der Waals surface area (Å²) in [7, 11) is 0. The van der Waals surface area contributed by atoms with E-state index in [1.54, 1.807) is 0 Å². The smallest absolute Gasteiger partial charge is 0.166 e. The van der Waals surface area contributed by atoms with Crippen molar-refractivity contribution >= 4 is 11.6 Å². The molecule has 1 saturated carbocycles.